The first-order valence-electron chi connectivity index (χ1n) is 5.16. The number of nitrogens with two attached hydrogens (primary N) is 1. The summed E-state index contributed by atoms with van der Waals surface area (Å²) in [5, 5.41) is 3.24. The fraction of sp³-hybridized carbons (Fsp3) is 0.700. The van der Waals surface area contributed by atoms with Gasteiger partial charge in [0.05, 0.1) is 6.04 Å². The summed E-state index contributed by atoms with van der Waals surface area (Å²) in [5.41, 5.74) is 5.96. The molecule has 2 atom stereocenters. The number of rotatable bonds is 2. The summed E-state index contributed by atoms with van der Waals surface area (Å²) in [6, 6.07) is 0.785. The molecule has 0 bridgehead atoms. The maximum Gasteiger partial charge on any atom is 0.109 e. The molecule has 15 heavy (non-hydrogen) atoms. The van der Waals surface area contributed by atoms with E-state index in [2.05, 4.69) is 16.8 Å². The molecule has 2 heterocycles. The standard InChI is InChI=1S/C10H17N3S.ClH/c1-8(10-12-4-6-14-10)13-5-2-3-9(11)7-13;/h4,6,8-9H,2-3,5,7,11H2,1H3;1H. The number of hydrogen-bond donors (Lipinski definition) is 1. The Labute approximate surface area is 101 Å². The fourth-order valence-electron chi connectivity index (χ4n) is 1.99. The molecule has 2 unspecified atom stereocenters. The molecule has 0 amide bonds. The number of piperidine rings is 1. The van der Waals surface area contributed by atoms with Gasteiger partial charge in [-0.3, -0.25) is 4.90 Å². The van der Waals surface area contributed by atoms with Gasteiger partial charge in [0.25, 0.3) is 0 Å². The van der Waals surface area contributed by atoms with E-state index < -0.39 is 0 Å². The van der Waals surface area contributed by atoms with Crippen molar-refractivity contribution in [3.8, 4) is 0 Å². The van der Waals surface area contributed by atoms with Crippen molar-refractivity contribution in [3.63, 3.8) is 0 Å². The SMILES string of the molecule is CC(c1nccs1)N1CCCC(N)C1.Cl. The molecule has 0 aromatic carbocycles. The van der Waals surface area contributed by atoms with Crippen molar-refractivity contribution in [1.29, 1.82) is 0 Å². The molecule has 3 nitrogen and oxygen atoms in total. The Hall–Kier alpha value is -0.160. The van der Waals surface area contributed by atoms with Crippen molar-refractivity contribution >= 4 is 23.7 Å². The molecular weight excluding hydrogens is 230 g/mol. The molecule has 5 heteroatoms. The predicted molar refractivity (Wildman–Crippen MR) is 66.6 cm³/mol. The first-order valence-corrected chi connectivity index (χ1v) is 6.04. The summed E-state index contributed by atoms with van der Waals surface area (Å²) in [4.78, 5) is 6.79. The zero-order chi connectivity index (χ0) is 9.97. The van der Waals surface area contributed by atoms with E-state index in [1.54, 1.807) is 11.3 Å². The van der Waals surface area contributed by atoms with Crippen molar-refractivity contribution in [2.24, 2.45) is 5.73 Å². The molecule has 0 aliphatic carbocycles. The van der Waals surface area contributed by atoms with Crippen molar-refractivity contribution in [3.05, 3.63) is 16.6 Å². The van der Waals surface area contributed by atoms with Gasteiger partial charge in [-0.05, 0) is 26.3 Å². The molecule has 1 aliphatic rings. The average Bonchev–Trinajstić information content (AvgIpc) is 2.69. The predicted octanol–water partition coefficient (Wildman–Crippen LogP) is 2.05. The summed E-state index contributed by atoms with van der Waals surface area (Å²) in [6.45, 7) is 4.39. The van der Waals surface area contributed by atoms with E-state index >= 15 is 0 Å². The zero-order valence-corrected chi connectivity index (χ0v) is 10.6. The first kappa shape index (κ1) is 12.9. The molecule has 0 radical (unpaired) electrons. The minimum Gasteiger partial charge on any atom is -0.327 e. The largest absolute Gasteiger partial charge is 0.327 e. The van der Waals surface area contributed by atoms with Crippen LogP contribution in [-0.4, -0.2) is 29.0 Å². The maximum atomic E-state index is 5.96. The maximum absolute atomic E-state index is 5.96. The normalized spacial score (nSPS) is 24.5. The third kappa shape index (κ3) is 3.14. The first-order chi connectivity index (χ1) is 6.77. The second-order valence-corrected chi connectivity index (χ2v) is 4.87. The topological polar surface area (TPSA) is 42.2 Å². The molecular formula is C10H18ClN3S. The number of halogens is 1. The van der Waals surface area contributed by atoms with Gasteiger partial charge >= 0.3 is 0 Å². The summed E-state index contributed by atoms with van der Waals surface area (Å²) >= 11 is 1.73. The minimum atomic E-state index is 0. The number of thiazole rings is 1. The Morgan fingerprint density at radius 2 is 2.47 bits per heavy atom. The van der Waals surface area contributed by atoms with Crippen LogP contribution in [0.4, 0.5) is 0 Å². The lowest BCUT2D eigenvalue weighted by atomic mass is 10.1. The van der Waals surface area contributed by atoms with E-state index in [-0.39, 0.29) is 12.4 Å². The highest BCUT2D eigenvalue weighted by molar-refractivity contribution is 7.09. The second kappa shape index (κ2) is 5.80. The van der Waals surface area contributed by atoms with E-state index in [9.17, 15) is 0 Å². The lowest BCUT2D eigenvalue weighted by molar-refractivity contribution is 0.159. The van der Waals surface area contributed by atoms with E-state index in [1.165, 1.54) is 17.8 Å². The molecule has 1 aromatic rings. The summed E-state index contributed by atoms with van der Waals surface area (Å²) in [6.07, 6.45) is 4.26. The molecule has 2 N–H and O–H groups in total. The average molecular weight is 248 g/mol. The lowest BCUT2D eigenvalue weighted by Gasteiger charge is -2.34. The Morgan fingerprint density at radius 3 is 3.07 bits per heavy atom. The van der Waals surface area contributed by atoms with Crippen molar-refractivity contribution in [1.82, 2.24) is 9.88 Å². The number of hydrogen-bond acceptors (Lipinski definition) is 4. The summed E-state index contributed by atoms with van der Waals surface area (Å²) in [5.74, 6) is 0. The van der Waals surface area contributed by atoms with E-state index in [0.29, 0.717) is 12.1 Å². The van der Waals surface area contributed by atoms with E-state index in [1.807, 2.05) is 11.6 Å². The van der Waals surface area contributed by atoms with Gasteiger partial charge in [0.1, 0.15) is 5.01 Å². The molecule has 1 saturated heterocycles. The molecule has 0 saturated carbocycles. The van der Waals surface area contributed by atoms with Crippen LogP contribution < -0.4 is 5.73 Å². The second-order valence-electron chi connectivity index (χ2n) is 3.94. The van der Waals surface area contributed by atoms with E-state index in [4.69, 9.17) is 5.73 Å². The molecule has 86 valence electrons. The number of nitrogens with zero attached hydrogens (tertiary/aromatic N) is 2. The zero-order valence-electron chi connectivity index (χ0n) is 8.93. The van der Waals surface area contributed by atoms with Crippen LogP contribution in [0, 0.1) is 0 Å². The van der Waals surface area contributed by atoms with E-state index in [0.717, 1.165) is 13.1 Å². The van der Waals surface area contributed by atoms with Crippen molar-refractivity contribution in [2.75, 3.05) is 13.1 Å². The quantitative estimate of drug-likeness (QED) is 0.870. The lowest BCUT2D eigenvalue weighted by Crippen LogP contribution is -2.43. The van der Waals surface area contributed by atoms with Crippen LogP contribution in [0.25, 0.3) is 0 Å². The highest BCUT2D eigenvalue weighted by Gasteiger charge is 2.23. The summed E-state index contributed by atoms with van der Waals surface area (Å²) < 4.78 is 0. The van der Waals surface area contributed by atoms with Crippen LogP contribution in [0.15, 0.2) is 11.6 Å². The summed E-state index contributed by atoms with van der Waals surface area (Å²) in [7, 11) is 0. The Bertz CT molecular complexity index is 278. The van der Waals surface area contributed by atoms with Gasteiger partial charge in [-0.2, -0.15) is 0 Å². The minimum absolute atomic E-state index is 0. The van der Waals surface area contributed by atoms with Gasteiger partial charge in [-0.25, -0.2) is 4.98 Å². The van der Waals surface area contributed by atoms with Gasteiger partial charge in [-0.1, -0.05) is 0 Å². The highest BCUT2D eigenvalue weighted by Crippen LogP contribution is 2.24. The molecule has 2 rings (SSSR count). The smallest absolute Gasteiger partial charge is 0.109 e. The highest BCUT2D eigenvalue weighted by atomic mass is 35.5. The third-order valence-electron chi connectivity index (χ3n) is 2.85. The van der Waals surface area contributed by atoms with Crippen LogP contribution in [-0.2, 0) is 0 Å². The molecule has 0 spiro atoms. The Morgan fingerprint density at radius 1 is 1.67 bits per heavy atom. The fourth-order valence-corrected chi connectivity index (χ4v) is 2.72. The Balaban J connectivity index is 0.00000112. The van der Waals surface area contributed by atoms with Gasteiger partial charge < -0.3 is 5.73 Å². The van der Waals surface area contributed by atoms with Crippen LogP contribution in [0.2, 0.25) is 0 Å². The molecule has 1 aromatic heterocycles. The third-order valence-corrected chi connectivity index (χ3v) is 3.79. The van der Waals surface area contributed by atoms with Crippen LogP contribution in [0.5, 0.6) is 0 Å². The Kier molecular flexibility index (Phi) is 4.99. The number of likely N-dealkylation sites (tertiary alicyclic amines) is 1. The van der Waals surface area contributed by atoms with Gasteiger partial charge in [0.2, 0.25) is 0 Å². The number of aromatic nitrogens is 1. The monoisotopic (exact) mass is 247 g/mol. The van der Waals surface area contributed by atoms with Gasteiger partial charge in [0.15, 0.2) is 0 Å². The van der Waals surface area contributed by atoms with Gasteiger partial charge in [-0.15, -0.1) is 23.7 Å². The van der Waals surface area contributed by atoms with Crippen molar-refractivity contribution < 1.29 is 0 Å². The van der Waals surface area contributed by atoms with Crippen LogP contribution in [0.1, 0.15) is 30.8 Å². The van der Waals surface area contributed by atoms with Crippen LogP contribution in [0.3, 0.4) is 0 Å². The van der Waals surface area contributed by atoms with Gasteiger partial charge in [0, 0.05) is 24.2 Å². The van der Waals surface area contributed by atoms with Crippen molar-refractivity contribution in [2.45, 2.75) is 31.8 Å². The molecule has 1 aliphatic heterocycles. The molecule has 1 fully saturated rings. The van der Waals surface area contributed by atoms with Crippen LogP contribution >= 0.6 is 23.7 Å².